The molecule has 2 heterocycles. The maximum atomic E-state index is 12.4. The lowest BCUT2D eigenvalue weighted by Crippen LogP contribution is -2.50. The predicted octanol–water partition coefficient (Wildman–Crippen LogP) is -0.855. The third-order valence-corrected chi connectivity index (χ3v) is 4.72. The van der Waals surface area contributed by atoms with E-state index in [9.17, 15) is 13.2 Å². The number of nitrogens with one attached hydrogen (secondary N) is 1. The average Bonchev–Trinajstić information content (AvgIpc) is 2.38. The van der Waals surface area contributed by atoms with Gasteiger partial charge in [0, 0.05) is 25.4 Å². The summed E-state index contributed by atoms with van der Waals surface area (Å²) in [6.07, 6.45) is 0.357. The number of H-pyrrole nitrogens is 1. The Hall–Kier alpha value is -1.22. The van der Waals surface area contributed by atoms with E-state index in [4.69, 9.17) is 9.84 Å². The standard InChI is InChI=1S/C11H16N2O5S/c1-8-5-13(6-9(7-14)18-8)19(16,17)10-2-3-11(15)12-4-10/h2-4,8-9,14H,5-7H2,1H3,(H,12,15). The van der Waals surface area contributed by atoms with Crippen molar-refractivity contribution in [3.8, 4) is 0 Å². The molecule has 1 aromatic heterocycles. The van der Waals surface area contributed by atoms with Crippen molar-refractivity contribution < 1.29 is 18.3 Å². The highest BCUT2D eigenvalue weighted by Gasteiger charge is 2.33. The lowest BCUT2D eigenvalue weighted by molar-refractivity contribution is -0.0750. The van der Waals surface area contributed by atoms with E-state index in [1.54, 1.807) is 6.92 Å². The molecule has 0 aromatic carbocycles. The van der Waals surface area contributed by atoms with Gasteiger partial charge in [0.15, 0.2) is 0 Å². The molecule has 0 radical (unpaired) electrons. The SMILES string of the molecule is CC1CN(S(=O)(=O)c2ccc(=O)[nH]c2)CC(CO)O1. The van der Waals surface area contributed by atoms with Gasteiger partial charge in [-0.15, -0.1) is 0 Å². The van der Waals surface area contributed by atoms with E-state index in [1.807, 2.05) is 0 Å². The number of aliphatic hydroxyl groups excluding tert-OH is 1. The molecule has 0 bridgehead atoms. The van der Waals surface area contributed by atoms with Gasteiger partial charge in [-0.25, -0.2) is 8.42 Å². The summed E-state index contributed by atoms with van der Waals surface area (Å²) in [5.74, 6) is 0. The fourth-order valence-electron chi connectivity index (χ4n) is 2.01. The number of aromatic nitrogens is 1. The van der Waals surface area contributed by atoms with Crippen molar-refractivity contribution in [1.29, 1.82) is 0 Å². The Kier molecular flexibility index (Phi) is 4.04. The van der Waals surface area contributed by atoms with Crippen molar-refractivity contribution in [2.45, 2.75) is 24.0 Å². The van der Waals surface area contributed by atoms with Gasteiger partial charge in [-0.3, -0.25) is 4.79 Å². The zero-order valence-electron chi connectivity index (χ0n) is 10.4. The molecule has 1 aromatic rings. The van der Waals surface area contributed by atoms with Crippen LogP contribution in [0.25, 0.3) is 0 Å². The number of morpholine rings is 1. The number of hydrogen-bond donors (Lipinski definition) is 2. The van der Waals surface area contributed by atoms with Crippen molar-refractivity contribution in [3.63, 3.8) is 0 Å². The van der Waals surface area contributed by atoms with Crippen molar-refractivity contribution in [3.05, 3.63) is 28.7 Å². The number of sulfonamides is 1. The van der Waals surface area contributed by atoms with Crippen LogP contribution in [0.3, 0.4) is 0 Å². The number of nitrogens with zero attached hydrogens (tertiary/aromatic N) is 1. The Bertz CT molecular complexity index is 577. The largest absolute Gasteiger partial charge is 0.394 e. The van der Waals surface area contributed by atoms with Crippen LogP contribution in [0.5, 0.6) is 0 Å². The topological polar surface area (TPSA) is 99.7 Å². The number of aromatic amines is 1. The zero-order chi connectivity index (χ0) is 14.0. The van der Waals surface area contributed by atoms with Gasteiger partial charge in [-0.2, -0.15) is 4.31 Å². The van der Waals surface area contributed by atoms with E-state index < -0.39 is 16.1 Å². The number of ether oxygens (including phenoxy) is 1. The molecular weight excluding hydrogens is 272 g/mol. The molecule has 106 valence electrons. The van der Waals surface area contributed by atoms with Gasteiger partial charge in [-0.05, 0) is 13.0 Å². The molecule has 0 saturated carbocycles. The van der Waals surface area contributed by atoms with Gasteiger partial charge in [0.05, 0.1) is 23.7 Å². The molecular formula is C11H16N2O5S. The summed E-state index contributed by atoms with van der Waals surface area (Å²) in [4.78, 5) is 13.3. The van der Waals surface area contributed by atoms with Crippen molar-refractivity contribution in [1.82, 2.24) is 9.29 Å². The van der Waals surface area contributed by atoms with Crippen LogP contribution < -0.4 is 5.56 Å². The second-order valence-corrected chi connectivity index (χ2v) is 6.40. The van der Waals surface area contributed by atoms with Crippen LogP contribution >= 0.6 is 0 Å². The minimum Gasteiger partial charge on any atom is -0.394 e. The molecule has 1 fully saturated rings. The molecule has 7 nitrogen and oxygen atoms in total. The fourth-order valence-corrected chi connectivity index (χ4v) is 3.52. The van der Waals surface area contributed by atoms with Crippen LogP contribution in [0.1, 0.15) is 6.92 Å². The predicted molar refractivity (Wildman–Crippen MR) is 67.2 cm³/mol. The molecule has 0 amide bonds. The van der Waals surface area contributed by atoms with Crippen LogP contribution in [0, 0.1) is 0 Å². The highest BCUT2D eigenvalue weighted by molar-refractivity contribution is 7.89. The van der Waals surface area contributed by atoms with Crippen LogP contribution in [0.15, 0.2) is 28.0 Å². The Morgan fingerprint density at radius 3 is 2.79 bits per heavy atom. The van der Waals surface area contributed by atoms with Gasteiger partial charge < -0.3 is 14.8 Å². The minimum absolute atomic E-state index is 0.0258. The third-order valence-electron chi connectivity index (χ3n) is 2.89. The van der Waals surface area contributed by atoms with E-state index in [1.165, 1.54) is 22.6 Å². The highest BCUT2D eigenvalue weighted by Crippen LogP contribution is 2.19. The lowest BCUT2D eigenvalue weighted by atomic mass is 10.2. The molecule has 1 aliphatic rings. The quantitative estimate of drug-likeness (QED) is 0.754. The van der Waals surface area contributed by atoms with E-state index in [2.05, 4.69) is 4.98 Å². The third kappa shape index (κ3) is 3.03. The molecule has 2 unspecified atom stereocenters. The summed E-state index contributed by atoms with van der Waals surface area (Å²) in [6.45, 7) is 1.83. The summed E-state index contributed by atoms with van der Waals surface area (Å²) >= 11 is 0. The molecule has 2 N–H and O–H groups in total. The maximum Gasteiger partial charge on any atom is 0.247 e. The van der Waals surface area contributed by atoms with E-state index in [-0.39, 0.29) is 36.3 Å². The minimum atomic E-state index is -3.68. The first-order valence-electron chi connectivity index (χ1n) is 5.88. The summed E-state index contributed by atoms with van der Waals surface area (Å²) in [6, 6.07) is 2.43. The zero-order valence-corrected chi connectivity index (χ0v) is 11.3. The van der Waals surface area contributed by atoms with Crippen LogP contribution in [0.4, 0.5) is 0 Å². The Labute approximate surface area is 110 Å². The summed E-state index contributed by atoms with van der Waals surface area (Å²) < 4.78 is 31.4. The monoisotopic (exact) mass is 288 g/mol. The van der Waals surface area contributed by atoms with Gasteiger partial charge >= 0.3 is 0 Å². The lowest BCUT2D eigenvalue weighted by Gasteiger charge is -2.35. The van der Waals surface area contributed by atoms with Gasteiger partial charge in [0.2, 0.25) is 15.6 Å². The molecule has 0 aliphatic carbocycles. The van der Waals surface area contributed by atoms with Crippen molar-refractivity contribution in [2.75, 3.05) is 19.7 Å². The van der Waals surface area contributed by atoms with E-state index >= 15 is 0 Å². The Morgan fingerprint density at radius 2 is 2.21 bits per heavy atom. The van der Waals surface area contributed by atoms with Crippen LogP contribution in [-0.2, 0) is 14.8 Å². The Morgan fingerprint density at radius 1 is 1.47 bits per heavy atom. The van der Waals surface area contributed by atoms with Crippen molar-refractivity contribution >= 4 is 10.0 Å². The smallest absolute Gasteiger partial charge is 0.247 e. The second kappa shape index (κ2) is 5.41. The molecule has 1 aliphatic heterocycles. The highest BCUT2D eigenvalue weighted by atomic mass is 32.2. The van der Waals surface area contributed by atoms with Gasteiger partial charge in [-0.1, -0.05) is 0 Å². The first kappa shape index (κ1) is 14.2. The van der Waals surface area contributed by atoms with Gasteiger partial charge in [0.25, 0.3) is 0 Å². The molecule has 0 spiro atoms. The molecule has 19 heavy (non-hydrogen) atoms. The average molecular weight is 288 g/mol. The van der Waals surface area contributed by atoms with E-state index in [0.29, 0.717) is 0 Å². The first-order valence-corrected chi connectivity index (χ1v) is 7.32. The number of aliphatic hydroxyl groups is 1. The van der Waals surface area contributed by atoms with Crippen LogP contribution in [-0.4, -0.2) is 54.7 Å². The van der Waals surface area contributed by atoms with E-state index in [0.717, 1.165) is 0 Å². The summed E-state index contributed by atoms with van der Waals surface area (Å²) in [7, 11) is -3.68. The molecule has 2 rings (SSSR count). The summed E-state index contributed by atoms with van der Waals surface area (Å²) in [5.41, 5.74) is -0.359. The molecule has 8 heteroatoms. The molecule has 1 saturated heterocycles. The second-order valence-electron chi connectivity index (χ2n) is 4.46. The molecule has 2 atom stereocenters. The normalized spacial score (nSPS) is 25.4. The fraction of sp³-hybridized carbons (Fsp3) is 0.545. The first-order chi connectivity index (χ1) is 8.93. The van der Waals surface area contributed by atoms with Gasteiger partial charge in [0.1, 0.15) is 0 Å². The van der Waals surface area contributed by atoms with Crippen molar-refractivity contribution in [2.24, 2.45) is 0 Å². The summed E-state index contributed by atoms with van der Waals surface area (Å²) in [5, 5.41) is 9.11. The Balaban J connectivity index is 2.28. The number of rotatable bonds is 3. The van der Waals surface area contributed by atoms with Crippen LogP contribution in [0.2, 0.25) is 0 Å². The maximum absolute atomic E-state index is 12.4. The number of pyridine rings is 1. The number of hydrogen-bond acceptors (Lipinski definition) is 5.